The van der Waals surface area contributed by atoms with Crippen molar-refractivity contribution in [3.63, 3.8) is 0 Å². The number of hydrogen-bond acceptors (Lipinski definition) is 6. The SMILES string of the molecule is CC(C)(CN1C(=O)Cc2ccccc21)NCC(O)c1cc(O)cc2c1OCC(=O)N2. The molecule has 2 aromatic carbocycles. The second-order valence-corrected chi connectivity index (χ2v) is 8.31. The Labute approximate surface area is 174 Å². The van der Waals surface area contributed by atoms with Gasteiger partial charge in [-0.25, -0.2) is 0 Å². The number of aliphatic hydroxyl groups excluding tert-OH is 1. The molecule has 8 nitrogen and oxygen atoms in total. The van der Waals surface area contributed by atoms with Crippen LogP contribution in [0.5, 0.6) is 11.5 Å². The van der Waals surface area contributed by atoms with Crippen molar-refractivity contribution in [1.29, 1.82) is 0 Å². The summed E-state index contributed by atoms with van der Waals surface area (Å²) in [5, 5.41) is 26.6. The zero-order valence-corrected chi connectivity index (χ0v) is 16.9. The lowest BCUT2D eigenvalue weighted by Gasteiger charge is -2.33. The van der Waals surface area contributed by atoms with Gasteiger partial charge in [0.15, 0.2) is 6.61 Å². The number of carbonyl (C=O) groups is 2. The molecule has 1 atom stereocenters. The van der Waals surface area contributed by atoms with Crippen molar-refractivity contribution < 1.29 is 24.5 Å². The molecule has 1 unspecified atom stereocenters. The maximum atomic E-state index is 12.5. The minimum atomic E-state index is -0.985. The number of para-hydroxylation sites is 1. The summed E-state index contributed by atoms with van der Waals surface area (Å²) >= 11 is 0. The van der Waals surface area contributed by atoms with Gasteiger partial charge in [-0.1, -0.05) is 18.2 Å². The first-order chi connectivity index (χ1) is 14.2. The summed E-state index contributed by atoms with van der Waals surface area (Å²) in [6.45, 7) is 4.39. The molecule has 30 heavy (non-hydrogen) atoms. The first-order valence-electron chi connectivity index (χ1n) is 9.84. The maximum absolute atomic E-state index is 12.5. The van der Waals surface area contributed by atoms with Crippen LogP contribution >= 0.6 is 0 Å². The second-order valence-electron chi connectivity index (χ2n) is 8.31. The van der Waals surface area contributed by atoms with Gasteiger partial charge in [-0.15, -0.1) is 0 Å². The molecule has 0 bridgehead atoms. The van der Waals surface area contributed by atoms with E-state index in [1.54, 1.807) is 4.90 Å². The van der Waals surface area contributed by atoms with E-state index in [0.29, 0.717) is 30.0 Å². The number of rotatable bonds is 6. The van der Waals surface area contributed by atoms with Gasteiger partial charge in [0.2, 0.25) is 5.91 Å². The molecule has 2 aliphatic heterocycles. The van der Waals surface area contributed by atoms with E-state index in [4.69, 9.17) is 4.74 Å². The topological polar surface area (TPSA) is 111 Å². The monoisotopic (exact) mass is 411 g/mol. The first-order valence-corrected chi connectivity index (χ1v) is 9.84. The van der Waals surface area contributed by atoms with Crippen LogP contribution in [0.3, 0.4) is 0 Å². The van der Waals surface area contributed by atoms with Gasteiger partial charge in [-0.2, -0.15) is 0 Å². The Morgan fingerprint density at radius 3 is 2.83 bits per heavy atom. The normalized spacial score (nSPS) is 16.6. The van der Waals surface area contributed by atoms with Crippen LogP contribution in [0, 0.1) is 0 Å². The van der Waals surface area contributed by atoms with Crippen LogP contribution in [0.1, 0.15) is 31.1 Å². The highest BCUT2D eigenvalue weighted by molar-refractivity contribution is 6.01. The standard InChI is InChI=1S/C22H25N3O5/c1-22(2,12-25-17-6-4-3-5-13(17)7-20(25)29)23-10-18(27)15-8-14(26)9-16-21(15)30-11-19(28)24-16/h3-6,8-9,18,23,26-27H,7,10-12H2,1-2H3,(H,24,28). The molecule has 8 heteroatoms. The number of aliphatic hydroxyl groups is 1. The first kappa shape index (κ1) is 20.2. The quantitative estimate of drug-likeness (QED) is 0.576. The average molecular weight is 411 g/mol. The zero-order valence-electron chi connectivity index (χ0n) is 16.9. The van der Waals surface area contributed by atoms with Gasteiger partial charge in [0.1, 0.15) is 11.5 Å². The van der Waals surface area contributed by atoms with Crippen molar-refractivity contribution in [3.8, 4) is 11.5 Å². The fourth-order valence-corrected chi connectivity index (χ4v) is 3.88. The third-order valence-electron chi connectivity index (χ3n) is 5.34. The number of anilines is 2. The molecule has 0 aromatic heterocycles. The van der Waals surface area contributed by atoms with Gasteiger partial charge in [-0.3, -0.25) is 9.59 Å². The van der Waals surface area contributed by atoms with Crippen molar-refractivity contribution in [3.05, 3.63) is 47.5 Å². The molecule has 2 aliphatic rings. The molecule has 0 radical (unpaired) electrons. The Bertz CT molecular complexity index is 1000. The third-order valence-corrected chi connectivity index (χ3v) is 5.34. The molecular formula is C22H25N3O5. The van der Waals surface area contributed by atoms with Crippen LogP contribution in [-0.2, 0) is 16.0 Å². The Balaban J connectivity index is 1.46. The summed E-state index contributed by atoms with van der Waals surface area (Å²) in [5.74, 6) is 0.0106. The maximum Gasteiger partial charge on any atom is 0.262 e. The molecule has 4 N–H and O–H groups in total. The number of phenols is 1. The Morgan fingerprint density at radius 1 is 1.27 bits per heavy atom. The molecule has 2 heterocycles. The molecule has 158 valence electrons. The molecule has 0 saturated carbocycles. The van der Waals surface area contributed by atoms with Crippen molar-refractivity contribution in [1.82, 2.24) is 5.32 Å². The molecule has 2 aromatic rings. The smallest absolute Gasteiger partial charge is 0.262 e. The molecule has 4 rings (SSSR count). The van der Waals surface area contributed by atoms with Gasteiger partial charge >= 0.3 is 0 Å². The van der Waals surface area contributed by atoms with Crippen LogP contribution in [0.2, 0.25) is 0 Å². The van der Waals surface area contributed by atoms with Gasteiger partial charge < -0.3 is 30.5 Å². The minimum Gasteiger partial charge on any atom is -0.508 e. The number of aromatic hydroxyl groups is 1. The van der Waals surface area contributed by atoms with Crippen LogP contribution in [0.15, 0.2) is 36.4 Å². The Kier molecular flexibility index (Phi) is 5.13. The average Bonchev–Trinajstić information content (AvgIpc) is 3.00. The number of nitrogens with one attached hydrogen (secondary N) is 2. The molecule has 0 fully saturated rings. The number of carbonyl (C=O) groups excluding carboxylic acids is 2. The van der Waals surface area contributed by atoms with E-state index in [2.05, 4.69) is 10.6 Å². The number of hydrogen-bond donors (Lipinski definition) is 4. The van der Waals surface area contributed by atoms with Gasteiger partial charge in [0.05, 0.1) is 18.2 Å². The van der Waals surface area contributed by atoms with Crippen LogP contribution in [-0.4, -0.2) is 47.3 Å². The number of β-amino-alcohol motifs (C(OH)–C–C–N with tert-alkyl or cyclic N) is 1. The van der Waals surface area contributed by atoms with Gasteiger partial charge in [0, 0.05) is 35.9 Å². The highest BCUT2D eigenvalue weighted by atomic mass is 16.5. The number of fused-ring (bicyclic) bond motifs is 2. The summed E-state index contributed by atoms with van der Waals surface area (Å²) in [6, 6.07) is 10.6. The lowest BCUT2D eigenvalue weighted by atomic mass is 10.0. The third kappa shape index (κ3) is 3.96. The zero-order chi connectivity index (χ0) is 21.5. The number of ether oxygens (including phenoxy) is 1. The van der Waals surface area contributed by atoms with Gasteiger partial charge in [0.25, 0.3) is 5.91 Å². The lowest BCUT2D eigenvalue weighted by molar-refractivity contribution is -0.119. The highest BCUT2D eigenvalue weighted by Gasteiger charge is 2.32. The van der Waals surface area contributed by atoms with Crippen molar-refractivity contribution in [2.75, 3.05) is 29.9 Å². The second kappa shape index (κ2) is 7.62. The summed E-state index contributed by atoms with van der Waals surface area (Å²) in [5.41, 5.74) is 2.17. The van der Waals surface area contributed by atoms with E-state index in [0.717, 1.165) is 11.3 Å². The molecule has 0 aliphatic carbocycles. The highest BCUT2D eigenvalue weighted by Crippen LogP contribution is 2.39. The predicted molar refractivity (Wildman–Crippen MR) is 112 cm³/mol. The van der Waals surface area contributed by atoms with Crippen molar-refractivity contribution in [2.45, 2.75) is 31.9 Å². The Morgan fingerprint density at radius 2 is 2.03 bits per heavy atom. The largest absolute Gasteiger partial charge is 0.508 e. The Hall–Kier alpha value is -3.10. The van der Waals surface area contributed by atoms with E-state index >= 15 is 0 Å². The number of phenolic OH excluding ortho intramolecular Hbond substituents is 1. The van der Waals surface area contributed by atoms with E-state index in [1.165, 1.54) is 12.1 Å². The number of amides is 2. The number of nitrogens with zero attached hydrogens (tertiary/aromatic N) is 1. The summed E-state index contributed by atoms with van der Waals surface area (Å²) in [4.78, 5) is 25.8. The fraction of sp³-hybridized carbons (Fsp3) is 0.364. The van der Waals surface area contributed by atoms with E-state index < -0.39 is 11.6 Å². The minimum absolute atomic E-state index is 0.0535. The molecule has 0 spiro atoms. The predicted octanol–water partition coefficient (Wildman–Crippen LogP) is 1.71. The fourth-order valence-electron chi connectivity index (χ4n) is 3.88. The van der Waals surface area contributed by atoms with E-state index in [9.17, 15) is 19.8 Å². The van der Waals surface area contributed by atoms with Gasteiger partial charge in [-0.05, 0) is 31.5 Å². The molecule has 0 saturated heterocycles. The summed E-state index contributed by atoms with van der Waals surface area (Å²) < 4.78 is 5.47. The summed E-state index contributed by atoms with van der Waals surface area (Å²) in [7, 11) is 0. The lowest BCUT2D eigenvalue weighted by Crippen LogP contribution is -2.51. The number of benzene rings is 2. The van der Waals surface area contributed by atoms with E-state index in [-0.39, 0.29) is 30.7 Å². The summed E-state index contributed by atoms with van der Waals surface area (Å²) in [6.07, 6.45) is -0.588. The van der Waals surface area contributed by atoms with E-state index in [1.807, 2.05) is 38.1 Å². The van der Waals surface area contributed by atoms with Crippen molar-refractivity contribution in [2.24, 2.45) is 0 Å². The van der Waals surface area contributed by atoms with Crippen LogP contribution in [0.25, 0.3) is 0 Å². The molecular weight excluding hydrogens is 386 g/mol. The van der Waals surface area contributed by atoms with Crippen LogP contribution in [0.4, 0.5) is 11.4 Å². The molecule has 2 amide bonds. The van der Waals surface area contributed by atoms with Crippen LogP contribution < -0.4 is 20.3 Å². The van der Waals surface area contributed by atoms with Crippen molar-refractivity contribution >= 4 is 23.2 Å².